The second kappa shape index (κ2) is 6.68. The van der Waals surface area contributed by atoms with Crippen molar-refractivity contribution < 1.29 is 18.3 Å². The average molecular weight is 285 g/mol. The lowest BCUT2D eigenvalue weighted by Gasteiger charge is -2.19. The maximum atomic E-state index is 12.3. The number of hydrogen-bond donors (Lipinski definition) is 1. The number of sulfonamides is 1. The molecule has 5 nitrogen and oxygen atoms in total. The Morgan fingerprint density at radius 1 is 1.21 bits per heavy atom. The molecule has 0 amide bonds. The summed E-state index contributed by atoms with van der Waals surface area (Å²) in [5.74, 6) is -0.934. The Labute approximate surface area is 113 Å². The Kier molecular flexibility index (Phi) is 5.50. The number of carboxylic acid groups (broad SMARTS) is 1. The molecule has 0 saturated carbocycles. The highest BCUT2D eigenvalue weighted by atomic mass is 32.2. The van der Waals surface area contributed by atoms with Crippen molar-refractivity contribution in [3.05, 3.63) is 29.8 Å². The van der Waals surface area contributed by atoms with Crippen LogP contribution in [0.1, 0.15) is 25.8 Å². The van der Waals surface area contributed by atoms with Crippen LogP contribution in [0.4, 0.5) is 0 Å². The summed E-state index contributed by atoms with van der Waals surface area (Å²) in [6, 6.07) is 6.01. The Bertz CT molecular complexity index is 522. The molecule has 0 radical (unpaired) electrons. The van der Waals surface area contributed by atoms with Gasteiger partial charge in [0.25, 0.3) is 0 Å². The van der Waals surface area contributed by atoms with Crippen LogP contribution in [0.15, 0.2) is 29.2 Å². The van der Waals surface area contributed by atoms with E-state index >= 15 is 0 Å². The minimum Gasteiger partial charge on any atom is -0.481 e. The molecule has 0 saturated heterocycles. The number of rotatable bonds is 7. The fraction of sp³-hybridized carbons (Fsp3) is 0.462. The first-order valence-corrected chi connectivity index (χ1v) is 7.66. The molecule has 106 valence electrons. The fourth-order valence-electron chi connectivity index (χ4n) is 1.80. The summed E-state index contributed by atoms with van der Waals surface area (Å²) < 4.78 is 26.0. The second-order valence-corrected chi connectivity index (χ2v) is 6.15. The van der Waals surface area contributed by atoms with Crippen LogP contribution in [0.3, 0.4) is 0 Å². The van der Waals surface area contributed by atoms with E-state index in [1.54, 1.807) is 19.1 Å². The minimum atomic E-state index is -3.47. The van der Waals surface area contributed by atoms with Crippen molar-refractivity contribution in [3.8, 4) is 0 Å². The smallest absolute Gasteiger partial charge is 0.307 e. The molecule has 0 spiro atoms. The van der Waals surface area contributed by atoms with E-state index in [0.717, 1.165) is 6.42 Å². The van der Waals surface area contributed by atoms with Crippen molar-refractivity contribution in [1.29, 1.82) is 0 Å². The summed E-state index contributed by atoms with van der Waals surface area (Å²) in [4.78, 5) is 10.8. The van der Waals surface area contributed by atoms with E-state index in [0.29, 0.717) is 18.7 Å². The molecule has 0 unspecified atom stereocenters. The lowest BCUT2D eigenvalue weighted by molar-refractivity contribution is -0.136. The Balaban J connectivity index is 2.98. The van der Waals surface area contributed by atoms with Crippen molar-refractivity contribution in [2.45, 2.75) is 31.6 Å². The fourth-order valence-corrected chi connectivity index (χ4v) is 3.34. The molecule has 1 rings (SSSR count). The molecule has 6 heteroatoms. The van der Waals surface area contributed by atoms with Gasteiger partial charge in [-0.05, 0) is 24.1 Å². The number of benzene rings is 1. The molecule has 1 aromatic rings. The number of carbonyl (C=O) groups is 1. The average Bonchev–Trinajstić information content (AvgIpc) is 2.35. The van der Waals surface area contributed by atoms with E-state index < -0.39 is 16.0 Å². The van der Waals surface area contributed by atoms with Crippen molar-refractivity contribution in [2.24, 2.45) is 0 Å². The predicted octanol–water partition coefficient (Wildman–Crippen LogP) is 1.73. The molecule has 0 aliphatic carbocycles. The van der Waals surface area contributed by atoms with Gasteiger partial charge in [0.1, 0.15) is 0 Å². The first-order chi connectivity index (χ1) is 8.91. The summed E-state index contributed by atoms with van der Waals surface area (Å²) in [7, 11) is -3.47. The molecule has 1 N–H and O–H groups in total. The number of aliphatic carboxylic acids is 1. The van der Waals surface area contributed by atoms with E-state index in [1.807, 2.05) is 6.92 Å². The van der Waals surface area contributed by atoms with Crippen molar-refractivity contribution >= 4 is 16.0 Å². The van der Waals surface area contributed by atoms with Gasteiger partial charge in [0, 0.05) is 13.1 Å². The number of carboxylic acids is 1. The van der Waals surface area contributed by atoms with Crippen LogP contribution in [0, 0.1) is 0 Å². The molecular weight excluding hydrogens is 266 g/mol. The normalized spacial score (nSPS) is 11.7. The van der Waals surface area contributed by atoms with E-state index in [4.69, 9.17) is 5.11 Å². The maximum Gasteiger partial charge on any atom is 0.307 e. The number of nitrogens with zero attached hydrogens (tertiary/aromatic N) is 1. The molecule has 0 atom stereocenters. The van der Waals surface area contributed by atoms with Crippen LogP contribution in [-0.4, -0.2) is 36.9 Å². The van der Waals surface area contributed by atoms with Gasteiger partial charge < -0.3 is 5.11 Å². The van der Waals surface area contributed by atoms with Crippen LogP contribution in [0.2, 0.25) is 0 Å². The highest BCUT2D eigenvalue weighted by Crippen LogP contribution is 2.16. The van der Waals surface area contributed by atoms with Gasteiger partial charge >= 0.3 is 5.97 Å². The minimum absolute atomic E-state index is 0.104. The predicted molar refractivity (Wildman–Crippen MR) is 72.5 cm³/mol. The summed E-state index contributed by atoms with van der Waals surface area (Å²) in [5, 5.41) is 8.67. The largest absolute Gasteiger partial charge is 0.481 e. The van der Waals surface area contributed by atoms with Gasteiger partial charge in [-0.25, -0.2) is 8.42 Å². The topological polar surface area (TPSA) is 74.7 Å². The van der Waals surface area contributed by atoms with Crippen LogP contribution >= 0.6 is 0 Å². The maximum absolute atomic E-state index is 12.3. The van der Waals surface area contributed by atoms with E-state index in [-0.39, 0.29) is 11.3 Å². The Morgan fingerprint density at radius 2 is 1.79 bits per heavy atom. The summed E-state index contributed by atoms with van der Waals surface area (Å²) >= 11 is 0. The van der Waals surface area contributed by atoms with E-state index in [9.17, 15) is 13.2 Å². The quantitative estimate of drug-likeness (QED) is 0.828. The standard InChI is InChI=1S/C13H19NO4S/c1-3-9-14(4-2)19(17,18)12-7-5-11(6-8-12)10-13(15)16/h5-8H,3-4,9-10H2,1-2H3,(H,15,16). The van der Waals surface area contributed by atoms with Gasteiger partial charge in [-0.15, -0.1) is 0 Å². The monoisotopic (exact) mass is 285 g/mol. The molecule has 0 aliphatic rings. The van der Waals surface area contributed by atoms with Crippen molar-refractivity contribution in [3.63, 3.8) is 0 Å². The van der Waals surface area contributed by atoms with Gasteiger partial charge in [0.15, 0.2) is 0 Å². The zero-order valence-corrected chi connectivity index (χ0v) is 12.0. The van der Waals surface area contributed by atoms with Crippen molar-refractivity contribution in [1.82, 2.24) is 4.31 Å². The Hall–Kier alpha value is -1.40. The van der Waals surface area contributed by atoms with Gasteiger partial charge in [0.05, 0.1) is 11.3 Å². The van der Waals surface area contributed by atoms with E-state index in [1.165, 1.54) is 16.4 Å². The van der Waals surface area contributed by atoms with Gasteiger partial charge in [-0.3, -0.25) is 4.79 Å². The molecule has 19 heavy (non-hydrogen) atoms. The first-order valence-electron chi connectivity index (χ1n) is 6.22. The van der Waals surface area contributed by atoms with Crippen LogP contribution in [-0.2, 0) is 21.2 Å². The third-order valence-corrected chi connectivity index (χ3v) is 4.73. The highest BCUT2D eigenvalue weighted by Gasteiger charge is 2.21. The van der Waals surface area contributed by atoms with Gasteiger partial charge in [-0.2, -0.15) is 4.31 Å². The van der Waals surface area contributed by atoms with E-state index in [2.05, 4.69) is 0 Å². The lowest BCUT2D eigenvalue weighted by atomic mass is 10.2. The Morgan fingerprint density at radius 3 is 2.21 bits per heavy atom. The lowest BCUT2D eigenvalue weighted by Crippen LogP contribution is -2.31. The van der Waals surface area contributed by atoms with Crippen LogP contribution in [0.5, 0.6) is 0 Å². The first kappa shape index (κ1) is 15.7. The highest BCUT2D eigenvalue weighted by molar-refractivity contribution is 7.89. The molecular formula is C13H19NO4S. The summed E-state index contributed by atoms with van der Waals surface area (Å²) in [5.41, 5.74) is 0.588. The van der Waals surface area contributed by atoms with Crippen LogP contribution < -0.4 is 0 Å². The van der Waals surface area contributed by atoms with Gasteiger partial charge in [-0.1, -0.05) is 26.0 Å². The van der Waals surface area contributed by atoms with Crippen molar-refractivity contribution in [2.75, 3.05) is 13.1 Å². The SMILES string of the molecule is CCCN(CC)S(=O)(=O)c1ccc(CC(=O)O)cc1. The zero-order chi connectivity index (χ0) is 14.5. The zero-order valence-electron chi connectivity index (χ0n) is 11.2. The molecule has 0 aromatic heterocycles. The number of hydrogen-bond acceptors (Lipinski definition) is 3. The third kappa shape index (κ3) is 4.04. The van der Waals surface area contributed by atoms with Gasteiger partial charge in [0.2, 0.25) is 10.0 Å². The second-order valence-electron chi connectivity index (χ2n) is 4.21. The molecule has 0 fully saturated rings. The third-order valence-electron chi connectivity index (χ3n) is 2.74. The molecule has 0 bridgehead atoms. The molecule has 0 aliphatic heterocycles. The van der Waals surface area contributed by atoms with Crippen LogP contribution in [0.25, 0.3) is 0 Å². The molecule has 1 aromatic carbocycles. The molecule has 0 heterocycles. The summed E-state index contributed by atoms with van der Waals surface area (Å²) in [6.07, 6.45) is 0.650. The summed E-state index contributed by atoms with van der Waals surface area (Å²) in [6.45, 7) is 4.63.